The third-order valence-corrected chi connectivity index (χ3v) is 3.48. The van der Waals surface area contributed by atoms with Gasteiger partial charge in [-0.25, -0.2) is 0 Å². The van der Waals surface area contributed by atoms with Crippen LogP contribution in [-0.2, 0) is 0 Å². The van der Waals surface area contributed by atoms with Gasteiger partial charge in [-0.3, -0.25) is 0 Å². The molecule has 1 aromatic carbocycles. The molecule has 1 fully saturated rings. The van der Waals surface area contributed by atoms with Gasteiger partial charge in [0, 0.05) is 11.1 Å². The fourth-order valence-electron chi connectivity index (χ4n) is 2.07. The molecule has 1 atom stereocenters. The van der Waals surface area contributed by atoms with Gasteiger partial charge in [0.1, 0.15) is 0 Å². The smallest absolute Gasteiger partial charge is 0.0408 e. The lowest BCUT2D eigenvalue weighted by Gasteiger charge is -2.32. The molecule has 1 aliphatic rings. The van der Waals surface area contributed by atoms with Crippen molar-refractivity contribution < 1.29 is 0 Å². The van der Waals surface area contributed by atoms with Gasteiger partial charge >= 0.3 is 0 Å². The lowest BCUT2D eigenvalue weighted by atomic mass is 9.77. The minimum atomic E-state index is 0.209. The highest BCUT2D eigenvalue weighted by Gasteiger charge is 2.26. The van der Waals surface area contributed by atoms with E-state index >= 15 is 0 Å². The van der Waals surface area contributed by atoms with E-state index in [1.54, 1.807) is 0 Å². The van der Waals surface area contributed by atoms with Crippen LogP contribution in [0.15, 0.2) is 18.2 Å². The van der Waals surface area contributed by atoms with Crippen LogP contribution < -0.4 is 5.73 Å². The molecule has 0 unspecified atom stereocenters. The molecular weight excluding hydrogens is 194 g/mol. The predicted molar refractivity (Wildman–Crippen MR) is 60.5 cm³/mol. The fraction of sp³-hybridized carbons (Fsp3) is 0.500. The SMILES string of the molecule is Cc1cc(Cl)ccc1[C@@H](N)C1CCC1. The van der Waals surface area contributed by atoms with E-state index in [2.05, 4.69) is 13.0 Å². The lowest BCUT2D eigenvalue weighted by molar-refractivity contribution is 0.264. The maximum atomic E-state index is 6.21. The second kappa shape index (κ2) is 3.92. The van der Waals surface area contributed by atoms with Crippen LogP contribution in [0.5, 0.6) is 0 Å². The molecule has 1 saturated carbocycles. The molecule has 2 heteroatoms. The Hall–Kier alpha value is -0.530. The van der Waals surface area contributed by atoms with Crippen LogP contribution in [0, 0.1) is 12.8 Å². The van der Waals surface area contributed by atoms with Crippen molar-refractivity contribution in [3.63, 3.8) is 0 Å². The molecular formula is C12H16ClN. The third-order valence-electron chi connectivity index (χ3n) is 3.25. The van der Waals surface area contributed by atoms with E-state index in [0.717, 1.165) is 5.02 Å². The number of hydrogen-bond acceptors (Lipinski definition) is 1. The average molecular weight is 210 g/mol. The molecule has 1 nitrogen and oxygen atoms in total. The number of nitrogens with two attached hydrogens (primary N) is 1. The molecule has 2 rings (SSSR count). The Morgan fingerprint density at radius 2 is 2.14 bits per heavy atom. The summed E-state index contributed by atoms with van der Waals surface area (Å²) in [7, 11) is 0. The van der Waals surface area contributed by atoms with Gasteiger partial charge in [0.15, 0.2) is 0 Å². The van der Waals surface area contributed by atoms with E-state index in [-0.39, 0.29) is 6.04 Å². The van der Waals surface area contributed by atoms with E-state index in [1.165, 1.54) is 30.4 Å². The summed E-state index contributed by atoms with van der Waals surface area (Å²) in [6, 6.07) is 6.21. The molecule has 0 radical (unpaired) electrons. The summed E-state index contributed by atoms with van der Waals surface area (Å²) in [6.07, 6.45) is 3.90. The number of aryl methyl sites for hydroxylation is 1. The minimum Gasteiger partial charge on any atom is -0.324 e. The highest BCUT2D eigenvalue weighted by Crippen LogP contribution is 2.37. The summed E-state index contributed by atoms with van der Waals surface area (Å²) in [5.41, 5.74) is 8.69. The van der Waals surface area contributed by atoms with Crippen LogP contribution in [0.2, 0.25) is 5.02 Å². The zero-order chi connectivity index (χ0) is 10.1. The quantitative estimate of drug-likeness (QED) is 0.794. The Morgan fingerprint density at radius 3 is 2.64 bits per heavy atom. The first-order valence-corrected chi connectivity index (χ1v) is 5.58. The molecule has 2 N–H and O–H groups in total. The summed E-state index contributed by atoms with van der Waals surface area (Å²) < 4.78 is 0. The van der Waals surface area contributed by atoms with Crippen LogP contribution in [0.25, 0.3) is 0 Å². The van der Waals surface area contributed by atoms with Crippen molar-refractivity contribution in [1.82, 2.24) is 0 Å². The largest absolute Gasteiger partial charge is 0.324 e. The van der Waals surface area contributed by atoms with Crippen molar-refractivity contribution in [2.75, 3.05) is 0 Å². The first-order chi connectivity index (χ1) is 6.68. The van der Waals surface area contributed by atoms with E-state index in [1.807, 2.05) is 12.1 Å². The van der Waals surface area contributed by atoms with Crippen molar-refractivity contribution >= 4 is 11.6 Å². The Morgan fingerprint density at radius 1 is 1.43 bits per heavy atom. The average Bonchev–Trinajstić information content (AvgIpc) is 2.00. The van der Waals surface area contributed by atoms with Gasteiger partial charge in [-0.05, 0) is 48.9 Å². The highest BCUT2D eigenvalue weighted by atomic mass is 35.5. The minimum absolute atomic E-state index is 0.209. The summed E-state index contributed by atoms with van der Waals surface area (Å²) >= 11 is 5.91. The Bertz CT molecular complexity index is 331. The maximum absolute atomic E-state index is 6.21. The maximum Gasteiger partial charge on any atom is 0.0408 e. The first kappa shape index (κ1) is 10.0. The van der Waals surface area contributed by atoms with Gasteiger partial charge in [-0.15, -0.1) is 0 Å². The Kier molecular flexibility index (Phi) is 2.80. The summed E-state index contributed by atoms with van der Waals surface area (Å²) in [6.45, 7) is 2.08. The van der Waals surface area contributed by atoms with E-state index < -0.39 is 0 Å². The standard InChI is InChI=1S/C12H16ClN/c1-8-7-10(13)5-6-11(8)12(14)9-3-2-4-9/h5-7,9,12H,2-4,14H2,1H3/t12-/m0/s1. The topological polar surface area (TPSA) is 26.0 Å². The highest BCUT2D eigenvalue weighted by molar-refractivity contribution is 6.30. The van der Waals surface area contributed by atoms with E-state index in [4.69, 9.17) is 17.3 Å². The molecule has 1 aromatic rings. The zero-order valence-electron chi connectivity index (χ0n) is 8.46. The molecule has 76 valence electrons. The van der Waals surface area contributed by atoms with Gasteiger partial charge in [0.25, 0.3) is 0 Å². The van der Waals surface area contributed by atoms with Crippen molar-refractivity contribution in [2.45, 2.75) is 32.2 Å². The molecule has 0 aliphatic heterocycles. The van der Waals surface area contributed by atoms with E-state index in [9.17, 15) is 0 Å². The first-order valence-electron chi connectivity index (χ1n) is 5.20. The van der Waals surface area contributed by atoms with Gasteiger partial charge in [-0.1, -0.05) is 24.1 Å². The number of rotatable bonds is 2. The normalized spacial score (nSPS) is 19.1. The van der Waals surface area contributed by atoms with E-state index in [0.29, 0.717) is 5.92 Å². The Balaban J connectivity index is 2.22. The predicted octanol–water partition coefficient (Wildman–Crippen LogP) is 3.45. The lowest BCUT2D eigenvalue weighted by Crippen LogP contribution is -2.27. The van der Waals surface area contributed by atoms with Crippen LogP contribution >= 0.6 is 11.6 Å². The summed E-state index contributed by atoms with van der Waals surface area (Å²) in [5.74, 6) is 0.690. The van der Waals surface area contributed by atoms with Crippen LogP contribution in [0.4, 0.5) is 0 Å². The number of halogens is 1. The molecule has 0 heterocycles. The molecule has 14 heavy (non-hydrogen) atoms. The molecule has 1 aliphatic carbocycles. The fourth-order valence-corrected chi connectivity index (χ4v) is 2.29. The van der Waals surface area contributed by atoms with Crippen molar-refractivity contribution in [1.29, 1.82) is 0 Å². The van der Waals surface area contributed by atoms with Crippen molar-refractivity contribution in [3.8, 4) is 0 Å². The monoisotopic (exact) mass is 209 g/mol. The van der Waals surface area contributed by atoms with Crippen LogP contribution in [0.3, 0.4) is 0 Å². The molecule has 0 spiro atoms. The Labute approximate surface area is 90.3 Å². The third kappa shape index (κ3) is 1.79. The van der Waals surface area contributed by atoms with Crippen LogP contribution in [0.1, 0.15) is 36.4 Å². The number of benzene rings is 1. The van der Waals surface area contributed by atoms with Crippen molar-refractivity contribution in [2.24, 2.45) is 11.7 Å². The second-order valence-electron chi connectivity index (χ2n) is 4.22. The molecule has 0 aromatic heterocycles. The molecule has 0 amide bonds. The van der Waals surface area contributed by atoms with Gasteiger partial charge in [0.2, 0.25) is 0 Å². The van der Waals surface area contributed by atoms with Gasteiger partial charge in [-0.2, -0.15) is 0 Å². The summed E-state index contributed by atoms with van der Waals surface area (Å²) in [4.78, 5) is 0. The summed E-state index contributed by atoms with van der Waals surface area (Å²) in [5, 5.41) is 0.798. The molecule has 0 saturated heterocycles. The molecule has 0 bridgehead atoms. The van der Waals surface area contributed by atoms with Gasteiger partial charge < -0.3 is 5.73 Å². The zero-order valence-corrected chi connectivity index (χ0v) is 9.22. The van der Waals surface area contributed by atoms with Crippen LogP contribution in [-0.4, -0.2) is 0 Å². The number of hydrogen-bond donors (Lipinski definition) is 1. The van der Waals surface area contributed by atoms with Crippen molar-refractivity contribution in [3.05, 3.63) is 34.3 Å². The van der Waals surface area contributed by atoms with Gasteiger partial charge in [0.05, 0.1) is 0 Å². The second-order valence-corrected chi connectivity index (χ2v) is 4.65.